The second kappa shape index (κ2) is 8.87. The molecule has 2 rings (SSSR count). The van der Waals surface area contributed by atoms with E-state index in [4.69, 9.17) is 25.4 Å². The van der Waals surface area contributed by atoms with Crippen molar-refractivity contribution in [3.63, 3.8) is 0 Å². The number of nitrogens with zero attached hydrogens (tertiary/aromatic N) is 4. The molecule has 10 heteroatoms. The standard InChI is InChI=1S/C14H22ClN4O4P/c1-4-22-24(20,23-5-2)10-21-7-6-11(3)19-9-18-12-13(15)16-8-17-14(12)19/h8-9,11H,4-7,10H2,1-3H3/t11-/m0/s1. The van der Waals surface area contributed by atoms with Crippen LogP contribution in [0, 0.1) is 0 Å². The van der Waals surface area contributed by atoms with Crippen LogP contribution in [0.4, 0.5) is 0 Å². The number of fused-ring (bicyclic) bond motifs is 1. The topological polar surface area (TPSA) is 88.4 Å². The van der Waals surface area contributed by atoms with E-state index in [1.54, 1.807) is 20.2 Å². The van der Waals surface area contributed by atoms with Gasteiger partial charge in [-0.1, -0.05) is 11.6 Å². The Bertz CT molecular complexity index is 701. The second-order valence-electron chi connectivity index (χ2n) is 5.11. The molecule has 0 aliphatic carbocycles. The predicted octanol–water partition coefficient (Wildman–Crippen LogP) is 3.67. The Hall–Kier alpha value is -1.05. The summed E-state index contributed by atoms with van der Waals surface area (Å²) < 4.78 is 30.1. The number of hydrogen-bond donors (Lipinski definition) is 0. The highest BCUT2D eigenvalue weighted by molar-refractivity contribution is 7.53. The largest absolute Gasteiger partial charge is 0.369 e. The van der Waals surface area contributed by atoms with E-state index in [0.29, 0.717) is 42.6 Å². The molecular weight excluding hydrogens is 355 g/mol. The Morgan fingerprint density at radius 3 is 2.62 bits per heavy atom. The number of rotatable bonds is 10. The lowest BCUT2D eigenvalue weighted by molar-refractivity contribution is 0.124. The minimum Gasteiger partial charge on any atom is -0.369 e. The molecule has 0 aromatic carbocycles. The molecular formula is C14H22ClN4O4P. The van der Waals surface area contributed by atoms with Gasteiger partial charge in [-0.25, -0.2) is 15.0 Å². The van der Waals surface area contributed by atoms with E-state index in [2.05, 4.69) is 15.0 Å². The lowest BCUT2D eigenvalue weighted by Crippen LogP contribution is -2.10. The predicted molar refractivity (Wildman–Crippen MR) is 91.3 cm³/mol. The van der Waals surface area contributed by atoms with Crippen molar-refractivity contribution in [3.05, 3.63) is 17.8 Å². The molecule has 8 nitrogen and oxygen atoms in total. The fourth-order valence-corrected chi connectivity index (χ4v) is 3.76. The van der Waals surface area contributed by atoms with E-state index in [-0.39, 0.29) is 12.4 Å². The van der Waals surface area contributed by atoms with Crippen LogP contribution in [0.3, 0.4) is 0 Å². The highest BCUT2D eigenvalue weighted by atomic mass is 35.5. The molecule has 2 heterocycles. The zero-order valence-corrected chi connectivity index (χ0v) is 15.7. The van der Waals surface area contributed by atoms with Gasteiger partial charge in [-0.05, 0) is 27.2 Å². The summed E-state index contributed by atoms with van der Waals surface area (Å²) in [4.78, 5) is 12.4. The molecule has 0 radical (unpaired) electrons. The molecule has 24 heavy (non-hydrogen) atoms. The zero-order valence-electron chi connectivity index (χ0n) is 14.0. The van der Waals surface area contributed by atoms with Gasteiger partial charge in [0.15, 0.2) is 10.8 Å². The van der Waals surface area contributed by atoms with Crippen molar-refractivity contribution in [2.75, 3.05) is 26.2 Å². The summed E-state index contributed by atoms with van der Waals surface area (Å²) in [6, 6.07) is 0.0829. The van der Waals surface area contributed by atoms with E-state index in [1.807, 2.05) is 11.5 Å². The molecule has 0 fully saturated rings. The van der Waals surface area contributed by atoms with Gasteiger partial charge in [-0.3, -0.25) is 4.57 Å². The Labute approximate surface area is 146 Å². The maximum atomic E-state index is 12.3. The Morgan fingerprint density at radius 2 is 1.96 bits per heavy atom. The molecule has 0 spiro atoms. The number of aromatic nitrogens is 4. The van der Waals surface area contributed by atoms with Gasteiger partial charge in [0.1, 0.15) is 18.2 Å². The number of ether oxygens (including phenoxy) is 1. The van der Waals surface area contributed by atoms with Crippen molar-refractivity contribution in [2.45, 2.75) is 33.2 Å². The molecule has 2 aromatic heterocycles. The van der Waals surface area contributed by atoms with Crippen LogP contribution in [0.25, 0.3) is 11.2 Å². The van der Waals surface area contributed by atoms with E-state index in [0.717, 1.165) is 0 Å². The molecule has 0 bridgehead atoms. The number of halogens is 1. The summed E-state index contributed by atoms with van der Waals surface area (Å²) in [5, 5.41) is 0.330. The van der Waals surface area contributed by atoms with Crippen LogP contribution in [0.15, 0.2) is 12.7 Å². The lowest BCUT2D eigenvalue weighted by Gasteiger charge is -2.18. The molecule has 0 saturated heterocycles. The second-order valence-corrected chi connectivity index (χ2v) is 7.46. The van der Waals surface area contributed by atoms with Crippen molar-refractivity contribution in [1.82, 2.24) is 19.5 Å². The maximum absolute atomic E-state index is 12.3. The molecule has 1 atom stereocenters. The molecule has 0 amide bonds. The maximum Gasteiger partial charge on any atom is 0.356 e. The fraction of sp³-hybridized carbons (Fsp3) is 0.643. The third-order valence-electron chi connectivity index (χ3n) is 3.37. The summed E-state index contributed by atoms with van der Waals surface area (Å²) in [7, 11) is -3.16. The van der Waals surface area contributed by atoms with Crippen molar-refractivity contribution in [3.8, 4) is 0 Å². The minimum atomic E-state index is -3.16. The third-order valence-corrected chi connectivity index (χ3v) is 5.45. The fourth-order valence-electron chi connectivity index (χ4n) is 2.22. The monoisotopic (exact) mass is 376 g/mol. The minimum absolute atomic E-state index is 0.0555. The first kappa shape index (κ1) is 19.3. The SMILES string of the molecule is CCOP(=O)(COCC[C@H](C)n1cnc2c(Cl)ncnc21)OCC. The average molecular weight is 377 g/mol. The van der Waals surface area contributed by atoms with Crippen molar-refractivity contribution < 1.29 is 18.3 Å². The van der Waals surface area contributed by atoms with Crippen LogP contribution in [0.1, 0.15) is 33.2 Å². The summed E-state index contributed by atoms with van der Waals surface area (Å²) in [5.74, 6) is 0. The van der Waals surface area contributed by atoms with E-state index >= 15 is 0 Å². The molecule has 0 unspecified atom stereocenters. The zero-order chi connectivity index (χ0) is 17.6. The number of hydrogen-bond acceptors (Lipinski definition) is 7. The van der Waals surface area contributed by atoms with Crippen molar-refractivity contribution in [2.24, 2.45) is 0 Å². The first-order chi connectivity index (χ1) is 11.5. The summed E-state index contributed by atoms with van der Waals surface area (Å²) in [6.07, 6.45) is 3.72. The van der Waals surface area contributed by atoms with Gasteiger partial charge in [0.25, 0.3) is 0 Å². The normalized spacial score (nSPS) is 13.5. The summed E-state index contributed by atoms with van der Waals surface area (Å²) in [5.41, 5.74) is 1.25. The summed E-state index contributed by atoms with van der Waals surface area (Å²) in [6.45, 7) is 6.60. The van der Waals surface area contributed by atoms with Gasteiger partial charge in [0.2, 0.25) is 0 Å². The molecule has 0 N–H and O–H groups in total. The molecule has 0 saturated carbocycles. The van der Waals surface area contributed by atoms with Gasteiger partial charge in [-0.15, -0.1) is 0 Å². The van der Waals surface area contributed by atoms with Crippen LogP contribution in [0.5, 0.6) is 0 Å². The van der Waals surface area contributed by atoms with Crippen LogP contribution in [-0.4, -0.2) is 45.7 Å². The first-order valence-electron chi connectivity index (χ1n) is 7.79. The van der Waals surface area contributed by atoms with Crippen molar-refractivity contribution >= 4 is 30.4 Å². The third kappa shape index (κ3) is 4.74. The number of imidazole rings is 1. The van der Waals surface area contributed by atoms with Gasteiger partial charge >= 0.3 is 7.60 Å². The van der Waals surface area contributed by atoms with Crippen LogP contribution in [0.2, 0.25) is 5.15 Å². The molecule has 0 aliphatic heterocycles. The highest BCUT2D eigenvalue weighted by Crippen LogP contribution is 2.47. The van der Waals surface area contributed by atoms with Crippen molar-refractivity contribution in [1.29, 1.82) is 0 Å². The van der Waals surface area contributed by atoms with E-state index in [1.165, 1.54) is 6.33 Å². The smallest absolute Gasteiger partial charge is 0.356 e. The Morgan fingerprint density at radius 1 is 1.25 bits per heavy atom. The molecule has 2 aromatic rings. The van der Waals surface area contributed by atoms with E-state index in [9.17, 15) is 4.57 Å². The summed E-state index contributed by atoms with van der Waals surface area (Å²) >= 11 is 6.00. The van der Waals surface area contributed by atoms with Crippen LogP contribution < -0.4 is 0 Å². The molecule has 134 valence electrons. The van der Waals surface area contributed by atoms with Gasteiger partial charge in [0.05, 0.1) is 19.5 Å². The quantitative estimate of drug-likeness (QED) is 0.355. The van der Waals surface area contributed by atoms with Gasteiger partial charge < -0.3 is 18.4 Å². The van der Waals surface area contributed by atoms with Crippen LogP contribution >= 0.6 is 19.2 Å². The molecule has 0 aliphatic rings. The first-order valence-corrected chi connectivity index (χ1v) is 9.90. The van der Waals surface area contributed by atoms with Crippen LogP contribution in [-0.2, 0) is 18.3 Å². The average Bonchev–Trinajstić information content (AvgIpc) is 2.97. The highest BCUT2D eigenvalue weighted by Gasteiger charge is 2.23. The Kier molecular flexibility index (Phi) is 7.13. The lowest BCUT2D eigenvalue weighted by atomic mass is 10.2. The Balaban J connectivity index is 1.90. The van der Waals surface area contributed by atoms with Gasteiger partial charge in [0, 0.05) is 12.6 Å². The van der Waals surface area contributed by atoms with Gasteiger partial charge in [-0.2, -0.15) is 0 Å². The van der Waals surface area contributed by atoms with E-state index < -0.39 is 7.60 Å².